The topological polar surface area (TPSA) is 52.6 Å². The van der Waals surface area contributed by atoms with Gasteiger partial charge >= 0.3 is 0 Å². The van der Waals surface area contributed by atoms with Crippen molar-refractivity contribution in [1.29, 1.82) is 0 Å². The second kappa shape index (κ2) is 10.6. The van der Waals surface area contributed by atoms with Crippen molar-refractivity contribution >= 4 is 11.5 Å². The number of halogens is 2. The number of hydrogen-bond acceptors (Lipinski definition) is 3. The van der Waals surface area contributed by atoms with E-state index in [9.17, 15) is 18.7 Å². The van der Waals surface area contributed by atoms with Gasteiger partial charge in [-0.3, -0.25) is 9.69 Å². The van der Waals surface area contributed by atoms with E-state index < -0.39 is 11.6 Å². The van der Waals surface area contributed by atoms with E-state index in [4.69, 9.17) is 0 Å². The van der Waals surface area contributed by atoms with Gasteiger partial charge in [-0.1, -0.05) is 67.8 Å². The molecule has 0 bridgehead atoms. The second-order valence-corrected chi connectivity index (χ2v) is 9.76. The number of aromatic hydroxyl groups is 1. The first-order valence-corrected chi connectivity index (χ1v) is 12.5. The van der Waals surface area contributed by atoms with Crippen LogP contribution in [0.3, 0.4) is 0 Å². The number of phenols is 1. The summed E-state index contributed by atoms with van der Waals surface area (Å²) < 4.78 is 28.8. The third kappa shape index (κ3) is 5.19. The number of benzene rings is 3. The second-order valence-electron chi connectivity index (χ2n) is 9.76. The highest BCUT2D eigenvalue weighted by molar-refractivity contribution is 5.96. The lowest BCUT2D eigenvalue weighted by Crippen LogP contribution is -2.45. The van der Waals surface area contributed by atoms with E-state index in [2.05, 4.69) is 10.2 Å². The summed E-state index contributed by atoms with van der Waals surface area (Å²) in [5, 5.41) is 13.1. The van der Waals surface area contributed by atoms with Gasteiger partial charge in [0.2, 0.25) is 0 Å². The number of nitrogens with one attached hydrogen (secondary N) is 1. The van der Waals surface area contributed by atoms with Crippen LogP contribution in [0.15, 0.2) is 78.9 Å². The molecule has 36 heavy (non-hydrogen) atoms. The Balaban J connectivity index is 1.44. The van der Waals surface area contributed by atoms with Gasteiger partial charge in [0.15, 0.2) is 0 Å². The zero-order valence-electron chi connectivity index (χ0n) is 20.0. The van der Waals surface area contributed by atoms with Crippen LogP contribution in [0.2, 0.25) is 0 Å². The molecule has 1 fully saturated rings. The first kappa shape index (κ1) is 24.2. The van der Waals surface area contributed by atoms with Crippen molar-refractivity contribution in [2.75, 3.05) is 13.1 Å². The Labute approximate surface area is 210 Å². The lowest BCUT2D eigenvalue weighted by molar-refractivity contribution is 0.0907. The third-order valence-corrected chi connectivity index (χ3v) is 7.43. The van der Waals surface area contributed by atoms with Crippen LogP contribution in [0.25, 0.3) is 5.57 Å². The lowest BCUT2D eigenvalue weighted by Gasteiger charge is -2.38. The first-order chi connectivity index (χ1) is 17.5. The Morgan fingerprint density at radius 3 is 2.50 bits per heavy atom. The summed E-state index contributed by atoms with van der Waals surface area (Å²) in [6.45, 7) is 0.837. The van der Waals surface area contributed by atoms with E-state index in [0.717, 1.165) is 36.5 Å². The fourth-order valence-electron chi connectivity index (χ4n) is 5.27. The Morgan fingerprint density at radius 1 is 1.03 bits per heavy atom. The van der Waals surface area contributed by atoms with E-state index in [1.807, 2.05) is 36.4 Å². The summed E-state index contributed by atoms with van der Waals surface area (Å²) in [7, 11) is 0. The molecule has 6 heteroatoms. The zero-order valence-corrected chi connectivity index (χ0v) is 20.0. The molecule has 0 saturated heterocycles. The van der Waals surface area contributed by atoms with Gasteiger partial charge in [-0.25, -0.2) is 8.78 Å². The fraction of sp³-hybridized carbons (Fsp3) is 0.300. The van der Waals surface area contributed by atoms with Gasteiger partial charge < -0.3 is 10.4 Å². The van der Waals surface area contributed by atoms with E-state index >= 15 is 0 Å². The van der Waals surface area contributed by atoms with E-state index in [1.54, 1.807) is 18.2 Å². The molecule has 5 rings (SSSR count). The molecule has 2 atom stereocenters. The molecule has 2 aliphatic rings. The molecular weight excluding hydrogens is 458 g/mol. The molecule has 3 aromatic rings. The van der Waals surface area contributed by atoms with Crippen LogP contribution in [0.1, 0.15) is 53.2 Å². The molecule has 1 aliphatic carbocycles. The molecule has 0 aromatic heterocycles. The maximum atomic E-state index is 14.7. The summed E-state index contributed by atoms with van der Waals surface area (Å²) in [6.07, 6.45) is 6.45. The van der Waals surface area contributed by atoms with Crippen molar-refractivity contribution in [1.82, 2.24) is 10.2 Å². The lowest BCUT2D eigenvalue weighted by atomic mass is 9.80. The van der Waals surface area contributed by atoms with Crippen molar-refractivity contribution < 1.29 is 18.7 Å². The smallest absolute Gasteiger partial charge is 0.255 e. The van der Waals surface area contributed by atoms with Crippen LogP contribution in [-0.4, -0.2) is 35.0 Å². The number of rotatable bonds is 8. The molecule has 1 heterocycles. The molecule has 1 aliphatic heterocycles. The van der Waals surface area contributed by atoms with Gasteiger partial charge in [0.25, 0.3) is 5.91 Å². The number of nitrogens with zero attached hydrogens (tertiary/aromatic N) is 1. The molecule has 0 radical (unpaired) electrons. The Morgan fingerprint density at radius 2 is 1.78 bits per heavy atom. The zero-order chi connectivity index (χ0) is 25.1. The Hall–Kier alpha value is -3.51. The van der Waals surface area contributed by atoms with Gasteiger partial charge in [-0.15, -0.1) is 0 Å². The predicted molar refractivity (Wildman–Crippen MR) is 136 cm³/mol. The van der Waals surface area contributed by atoms with Crippen LogP contribution in [-0.2, 0) is 0 Å². The van der Waals surface area contributed by atoms with Crippen LogP contribution >= 0.6 is 0 Å². The van der Waals surface area contributed by atoms with Crippen molar-refractivity contribution in [3.05, 3.63) is 107 Å². The molecule has 2 N–H and O–H groups in total. The highest BCUT2D eigenvalue weighted by atomic mass is 19.1. The minimum absolute atomic E-state index is 0.0133. The summed E-state index contributed by atoms with van der Waals surface area (Å²) in [4.78, 5) is 15.2. The van der Waals surface area contributed by atoms with Crippen LogP contribution in [0.5, 0.6) is 5.75 Å². The Kier molecular flexibility index (Phi) is 7.14. The molecule has 1 unspecified atom stereocenters. The van der Waals surface area contributed by atoms with Gasteiger partial charge in [0.05, 0.1) is 11.6 Å². The summed E-state index contributed by atoms with van der Waals surface area (Å²) >= 11 is 0. The number of carbonyl (C=O) groups is 1. The van der Waals surface area contributed by atoms with E-state index in [-0.39, 0.29) is 34.9 Å². The minimum Gasteiger partial charge on any atom is -0.507 e. The normalized spacial score (nSPS) is 18.9. The molecule has 1 amide bonds. The molecule has 0 spiro atoms. The number of hydrogen-bond donors (Lipinski definition) is 2. The fourth-order valence-corrected chi connectivity index (χ4v) is 5.27. The highest BCUT2D eigenvalue weighted by Gasteiger charge is 2.35. The van der Waals surface area contributed by atoms with Crippen molar-refractivity contribution in [2.24, 2.45) is 5.92 Å². The van der Waals surface area contributed by atoms with Crippen LogP contribution < -0.4 is 5.32 Å². The third-order valence-electron chi connectivity index (χ3n) is 7.43. The number of phenolic OH excluding ortho intramolecular Hbond substituents is 1. The van der Waals surface area contributed by atoms with Crippen LogP contribution in [0, 0.1) is 17.6 Å². The van der Waals surface area contributed by atoms with Gasteiger partial charge in [-0.2, -0.15) is 0 Å². The van der Waals surface area contributed by atoms with Crippen molar-refractivity contribution in [3.63, 3.8) is 0 Å². The summed E-state index contributed by atoms with van der Waals surface area (Å²) in [6, 6.07) is 19.9. The number of para-hydroxylation sites is 1. The van der Waals surface area contributed by atoms with Crippen molar-refractivity contribution in [3.8, 4) is 5.75 Å². The highest BCUT2D eigenvalue weighted by Crippen LogP contribution is 2.40. The molecule has 3 aromatic carbocycles. The largest absolute Gasteiger partial charge is 0.507 e. The number of amides is 1. The molecule has 186 valence electrons. The van der Waals surface area contributed by atoms with Crippen molar-refractivity contribution in [2.45, 2.75) is 37.8 Å². The summed E-state index contributed by atoms with van der Waals surface area (Å²) in [5.74, 6) is -0.725. The van der Waals surface area contributed by atoms with Gasteiger partial charge in [0.1, 0.15) is 17.4 Å². The minimum atomic E-state index is -0.469. The maximum absolute atomic E-state index is 14.7. The molecular formula is C30H30F2N2O2. The monoisotopic (exact) mass is 488 g/mol. The summed E-state index contributed by atoms with van der Waals surface area (Å²) in [5.41, 5.74) is 2.32. The van der Waals surface area contributed by atoms with Gasteiger partial charge in [-0.05, 0) is 53.8 Å². The number of carbonyl (C=O) groups excluding carboxylic acids is 1. The standard InChI is InChI=1S/C30H30F2N2O2/c31-23-13-14-27(32)26(17-23)22-16-28(21-9-2-1-3-10-21)34(19-22)24(15-20-7-6-8-20)18-33-30(36)25-11-4-5-12-29(25)35/h1-5,9-14,16-17,20,24,28,35H,6-8,15,18-19H2,(H,33,36)/t24?,28-/m0/s1. The quantitative estimate of drug-likeness (QED) is 0.403. The average molecular weight is 489 g/mol. The Bertz CT molecular complexity index is 1260. The molecule has 4 nitrogen and oxygen atoms in total. The average Bonchev–Trinajstić information content (AvgIpc) is 3.30. The van der Waals surface area contributed by atoms with Gasteiger partial charge in [0, 0.05) is 24.7 Å². The first-order valence-electron chi connectivity index (χ1n) is 12.5. The maximum Gasteiger partial charge on any atom is 0.255 e. The SMILES string of the molecule is O=C(NCC(CC1CCC1)N1CC(c2cc(F)ccc2F)=C[C@H]1c1ccccc1)c1ccccc1O. The molecule has 1 saturated carbocycles. The van der Waals surface area contributed by atoms with E-state index in [1.165, 1.54) is 24.6 Å². The predicted octanol–water partition coefficient (Wildman–Crippen LogP) is 6.10. The van der Waals surface area contributed by atoms with Crippen LogP contribution in [0.4, 0.5) is 8.78 Å². The van der Waals surface area contributed by atoms with E-state index in [0.29, 0.717) is 19.0 Å².